The molecule has 160 valence electrons. The second kappa shape index (κ2) is 12.5. The summed E-state index contributed by atoms with van der Waals surface area (Å²) in [6, 6.07) is 18.1. The Labute approximate surface area is 183 Å². The first-order valence-corrected chi connectivity index (χ1v) is 11.8. The molecule has 30 heavy (non-hydrogen) atoms. The van der Waals surface area contributed by atoms with Gasteiger partial charge in [-0.05, 0) is 86.0 Å². The van der Waals surface area contributed by atoms with Crippen LogP contribution < -0.4 is 0 Å². The lowest BCUT2D eigenvalue weighted by Gasteiger charge is -2.28. The average Bonchev–Trinajstić information content (AvgIpc) is 2.80. The molecule has 1 saturated carbocycles. The van der Waals surface area contributed by atoms with Gasteiger partial charge in [0.2, 0.25) is 0 Å². The molecule has 0 N–H and O–H groups in total. The van der Waals surface area contributed by atoms with Gasteiger partial charge in [-0.2, -0.15) is 0 Å². The Morgan fingerprint density at radius 1 is 0.833 bits per heavy atom. The zero-order valence-corrected chi connectivity index (χ0v) is 18.9. The molecule has 0 radical (unpaired) electrons. The molecule has 0 unspecified atom stereocenters. The maximum absolute atomic E-state index is 5.73. The van der Waals surface area contributed by atoms with Gasteiger partial charge in [-0.1, -0.05) is 79.8 Å². The number of ether oxygens (including phenoxy) is 1. The molecule has 3 rings (SSSR count). The van der Waals surface area contributed by atoms with Gasteiger partial charge >= 0.3 is 0 Å². The number of benzene rings is 2. The molecule has 0 aliphatic heterocycles. The molecule has 0 amide bonds. The van der Waals surface area contributed by atoms with E-state index < -0.39 is 0 Å². The summed E-state index contributed by atoms with van der Waals surface area (Å²) >= 11 is 0. The molecule has 0 atom stereocenters. The molecule has 2 aromatic carbocycles. The van der Waals surface area contributed by atoms with Gasteiger partial charge in [-0.25, -0.2) is 0 Å². The first kappa shape index (κ1) is 22.6. The van der Waals surface area contributed by atoms with Gasteiger partial charge in [-0.15, -0.1) is 0 Å². The van der Waals surface area contributed by atoms with Gasteiger partial charge in [0.1, 0.15) is 0 Å². The van der Waals surface area contributed by atoms with Gasteiger partial charge in [0.15, 0.2) is 0 Å². The fraction of sp³-hybridized carbons (Fsp3) is 0.448. The average molecular weight is 403 g/mol. The summed E-state index contributed by atoms with van der Waals surface area (Å²) in [6.07, 6.45) is 17.8. The lowest BCUT2D eigenvalue weighted by molar-refractivity contribution is 0.125. The van der Waals surface area contributed by atoms with Crippen molar-refractivity contribution in [3.05, 3.63) is 84.0 Å². The summed E-state index contributed by atoms with van der Waals surface area (Å²) in [6.45, 7) is 5.73. The van der Waals surface area contributed by atoms with Crippen LogP contribution in [-0.2, 0) is 11.3 Å². The minimum Gasteiger partial charge on any atom is -0.376 e. The quantitative estimate of drug-likeness (QED) is 0.286. The Bertz CT molecular complexity index is 774. The summed E-state index contributed by atoms with van der Waals surface area (Å²) in [7, 11) is 0. The van der Waals surface area contributed by atoms with E-state index in [4.69, 9.17) is 4.74 Å². The third-order valence-corrected chi connectivity index (χ3v) is 6.32. The normalized spacial score (nSPS) is 19.7. The molecule has 0 saturated heterocycles. The predicted octanol–water partition coefficient (Wildman–Crippen LogP) is 8.47. The van der Waals surface area contributed by atoms with E-state index in [1.54, 1.807) is 0 Å². The summed E-state index contributed by atoms with van der Waals surface area (Å²) in [5.74, 6) is 1.64. The molecule has 2 aromatic rings. The highest BCUT2D eigenvalue weighted by molar-refractivity contribution is 5.64. The number of hydrogen-bond donors (Lipinski definition) is 0. The van der Waals surface area contributed by atoms with E-state index >= 15 is 0 Å². The van der Waals surface area contributed by atoms with Crippen LogP contribution in [0.5, 0.6) is 0 Å². The molecule has 0 aromatic heterocycles. The molecule has 1 aliphatic rings. The summed E-state index contributed by atoms with van der Waals surface area (Å²) < 4.78 is 5.73. The van der Waals surface area contributed by atoms with Crippen molar-refractivity contribution in [3.8, 4) is 11.1 Å². The molecular formula is C29H38O. The zero-order chi connectivity index (χ0) is 21.0. The monoisotopic (exact) mass is 402 g/mol. The van der Waals surface area contributed by atoms with Crippen molar-refractivity contribution >= 4 is 0 Å². The second-order valence-corrected chi connectivity index (χ2v) is 8.56. The van der Waals surface area contributed by atoms with Crippen molar-refractivity contribution in [1.29, 1.82) is 0 Å². The molecule has 0 bridgehead atoms. The van der Waals surface area contributed by atoms with Crippen molar-refractivity contribution in [2.45, 2.75) is 71.3 Å². The van der Waals surface area contributed by atoms with E-state index in [0.29, 0.717) is 6.61 Å². The lowest BCUT2D eigenvalue weighted by atomic mass is 9.77. The van der Waals surface area contributed by atoms with E-state index in [1.807, 2.05) is 6.92 Å². The predicted molar refractivity (Wildman–Crippen MR) is 130 cm³/mol. The van der Waals surface area contributed by atoms with Crippen molar-refractivity contribution < 1.29 is 4.74 Å². The molecule has 1 nitrogen and oxygen atoms in total. The fourth-order valence-corrected chi connectivity index (χ4v) is 4.44. The van der Waals surface area contributed by atoms with Crippen LogP contribution in [0.4, 0.5) is 0 Å². The summed E-state index contributed by atoms with van der Waals surface area (Å²) in [5.41, 5.74) is 5.34. The fourth-order valence-electron chi connectivity index (χ4n) is 4.44. The van der Waals surface area contributed by atoms with Crippen LogP contribution in [0.3, 0.4) is 0 Å². The number of rotatable bonds is 10. The van der Waals surface area contributed by atoms with Crippen LogP contribution in [0.1, 0.15) is 75.8 Å². The smallest absolute Gasteiger partial charge is 0.0717 e. The Morgan fingerprint density at radius 2 is 1.50 bits per heavy atom. The second-order valence-electron chi connectivity index (χ2n) is 8.56. The Kier molecular flexibility index (Phi) is 9.44. The van der Waals surface area contributed by atoms with E-state index in [-0.39, 0.29) is 0 Å². The van der Waals surface area contributed by atoms with Crippen LogP contribution in [0, 0.1) is 5.92 Å². The Hall–Kier alpha value is -2.12. The lowest BCUT2D eigenvalue weighted by Crippen LogP contribution is -2.12. The van der Waals surface area contributed by atoms with E-state index in [9.17, 15) is 0 Å². The van der Waals surface area contributed by atoms with Crippen LogP contribution in [-0.4, -0.2) is 6.61 Å². The van der Waals surface area contributed by atoms with E-state index in [0.717, 1.165) is 31.3 Å². The molecule has 1 heteroatoms. The first-order chi connectivity index (χ1) is 14.8. The van der Waals surface area contributed by atoms with E-state index in [1.165, 1.54) is 54.4 Å². The van der Waals surface area contributed by atoms with Gasteiger partial charge < -0.3 is 4.74 Å². The number of hydrogen-bond acceptors (Lipinski definition) is 1. The maximum Gasteiger partial charge on any atom is 0.0717 e. The zero-order valence-electron chi connectivity index (χ0n) is 18.9. The van der Waals surface area contributed by atoms with Gasteiger partial charge in [-0.3, -0.25) is 0 Å². The van der Waals surface area contributed by atoms with Crippen molar-refractivity contribution in [1.82, 2.24) is 0 Å². The van der Waals surface area contributed by atoms with Crippen molar-refractivity contribution in [3.63, 3.8) is 0 Å². The molecule has 0 spiro atoms. The standard InChI is InChI=1S/C29H38O/c1-3-5-7-9-24-10-14-26(15-11-24)28-18-20-29(21-19-28)27-16-12-25(13-17-27)23-30-22-8-6-4-2/h4-7,12-13,16-21,24,26H,3,8-11,14-15,22-23H2,1-2H3/b6-4+,7-5+. The highest BCUT2D eigenvalue weighted by Gasteiger charge is 2.21. The maximum atomic E-state index is 5.73. The highest BCUT2D eigenvalue weighted by Crippen LogP contribution is 2.37. The van der Waals surface area contributed by atoms with E-state index in [2.05, 4.69) is 79.8 Å². The first-order valence-electron chi connectivity index (χ1n) is 11.8. The topological polar surface area (TPSA) is 9.23 Å². The summed E-state index contributed by atoms with van der Waals surface area (Å²) in [4.78, 5) is 0. The molecule has 0 heterocycles. The third kappa shape index (κ3) is 6.99. The number of allylic oxidation sites excluding steroid dienone is 3. The molecule has 1 aliphatic carbocycles. The molecule has 1 fully saturated rings. The van der Waals surface area contributed by atoms with Crippen LogP contribution in [0.15, 0.2) is 72.8 Å². The minimum atomic E-state index is 0.688. The minimum absolute atomic E-state index is 0.688. The van der Waals surface area contributed by atoms with Crippen molar-refractivity contribution in [2.24, 2.45) is 5.92 Å². The molecular weight excluding hydrogens is 364 g/mol. The van der Waals surface area contributed by atoms with Crippen LogP contribution >= 0.6 is 0 Å². The Morgan fingerprint density at radius 3 is 2.13 bits per heavy atom. The third-order valence-electron chi connectivity index (χ3n) is 6.32. The summed E-state index contributed by atoms with van der Waals surface area (Å²) in [5, 5.41) is 0. The van der Waals surface area contributed by atoms with Gasteiger partial charge in [0.25, 0.3) is 0 Å². The highest BCUT2D eigenvalue weighted by atomic mass is 16.5. The Balaban J connectivity index is 1.49. The SMILES string of the molecule is C/C=C/CCOCc1ccc(-c2ccc(C3CCC(C/C=C/CC)CC3)cc2)cc1. The largest absolute Gasteiger partial charge is 0.376 e. The van der Waals surface area contributed by atoms with Crippen molar-refractivity contribution in [2.75, 3.05) is 6.61 Å². The van der Waals surface area contributed by atoms with Gasteiger partial charge in [0, 0.05) is 0 Å². The van der Waals surface area contributed by atoms with Crippen LogP contribution in [0.25, 0.3) is 11.1 Å². The van der Waals surface area contributed by atoms with Gasteiger partial charge in [0.05, 0.1) is 13.2 Å². The van der Waals surface area contributed by atoms with Crippen LogP contribution in [0.2, 0.25) is 0 Å².